The molecule has 0 heterocycles. The van der Waals surface area contributed by atoms with E-state index < -0.39 is 28.5 Å². The van der Waals surface area contributed by atoms with Crippen LogP contribution in [0.2, 0.25) is 5.02 Å². The first-order valence-corrected chi connectivity index (χ1v) is 16.5. The average Bonchev–Trinajstić information content (AvgIpc) is 3.05. The highest BCUT2D eigenvalue weighted by Gasteiger charge is 2.35. The molecule has 0 aliphatic rings. The number of nitrogens with one attached hydrogen (secondary N) is 1. The summed E-state index contributed by atoms with van der Waals surface area (Å²) < 4.78 is 34.8. The second-order valence-corrected chi connectivity index (χ2v) is 12.9. The Hall–Kier alpha value is -4.34. The maximum Gasteiger partial charge on any atom is 0.264 e. The first kappa shape index (κ1) is 33.6. The fraction of sp³-hybridized carbons (Fsp3) is 0.257. The van der Waals surface area contributed by atoms with Crippen molar-refractivity contribution < 1.29 is 22.7 Å². The SMILES string of the molecule is CCCNC(=O)[C@H](Cc1ccccc1)N(Cc1cccc(OC)c1)C(=O)CN(c1ccc(Cl)cc1C)S(=O)(=O)c1ccccc1. The number of carbonyl (C=O) groups is 2. The molecular weight excluding hydrogens is 610 g/mol. The van der Waals surface area contributed by atoms with Crippen molar-refractivity contribution in [3.63, 3.8) is 0 Å². The lowest BCUT2D eigenvalue weighted by Crippen LogP contribution is -2.53. The van der Waals surface area contributed by atoms with Crippen LogP contribution in [0.4, 0.5) is 5.69 Å². The Balaban J connectivity index is 1.82. The number of hydrogen-bond donors (Lipinski definition) is 1. The molecule has 2 amide bonds. The Bertz CT molecular complexity index is 1700. The first-order chi connectivity index (χ1) is 21.6. The van der Waals surface area contributed by atoms with Gasteiger partial charge in [0.05, 0.1) is 17.7 Å². The maximum atomic E-state index is 14.5. The van der Waals surface area contributed by atoms with Gasteiger partial charge in [-0.25, -0.2) is 8.42 Å². The zero-order chi connectivity index (χ0) is 32.4. The monoisotopic (exact) mass is 647 g/mol. The van der Waals surface area contributed by atoms with Crippen molar-refractivity contribution in [3.8, 4) is 5.75 Å². The van der Waals surface area contributed by atoms with Gasteiger partial charge >= 0.3 is 0 Å². The minimum absolute atomic E-state index is 0.0352. The molecule has 1 N–H and O–H groups in total. The molecule has 236 valence electrons. The summed E-state index contributed by atoms with van der Waals surface area (Å²) in [6.45, 7) is 3.63. The number of anilines is 1. The van der Waals surface area contributed by atoms with Gasteiger partial charge in [-0.3, -0.25) is 13.9 Å². The number of ether oxygens (including phenoxy) is 1. The Labute approximate surface area is 270 Å². The van der Waals surface area contributed by atoms with Crippen LogP contribution in [0.15, 0.2) is 108 Å². The van der Waals surface area contributed by atoms with Crippen LogP contribution < -0.4 is 14.4 Å². The lowest BCUT2D eigenvalue weighted by molar-refractivity contribution is -0.140. The van der Waals surface area contributed by atoms with E-state index in [4.69, 9.17) is 16.3 Å². The van der Waals surface area contributed by atoms with Gasteiger partial charge in [-0.2, -0.15) is 0 Å². The highest BCUT2D eigenvalue weighted by molar-refractivity contribution is 7.92. The number of methoxy groups -OCH3 is 1. The van der Waals surface area contributed by atoms with Crippen molar-refractivity contribution in [2.45, 2.75) is 44.2 Å². The number of benzene rings is 4. The number of aryl methyl sites for hydroxylation is 1. The van der Waals surface area contributed by atoms with Gasteiger partial charge in [-0.15, -0.1) is 0 Å². The van der Waals surface area contributed by atoms with Gasteiger partial charge in [0.25, 0.3) is 10.0 Å². The molecular formula is C35H38ClN3O5S. The van der Waals surface area contributed by atoms with Crippen LogP contribution in [-0.4, -0.2) is 51.4 Å². The van der Waals surface area contributed by atoms with Crippen LogP contribution in [0.1, 0.15) is 30.0 Å². The summed E-state index contributed by atoms with van der Waals surface area (Å²) in [6, 6.07) is 28.5. The summed E-state index contributed by atoms with van der Waals surface area (Å²) in [5.74, 6) is -0.267. The smallest absolute Gasteiger partial charge is 0.264 e. The molecule has 0 saturated heterocycles. The topological polar surface area (TPSA) is 96.0 Å². The van der Waals surface area contributed by atoms with Gasteiger partial charge in [-0.05, 0) is 72.5 Å². The van der Waals surface area contributed by atoms with Gasteiger partial charge in [0.1, 0.15) is 18.3 Å². The highest BCUT2D eigenvalue weighted by Crippen LogP contribution is 2.30. The van der Waals surface area contributed by atoms with Crippen molar-refractivity contribution in [2.75, 3.05) is 24.5 Å². The fourth-order valence-electron chi connectivity index (χ4n) is 5.02. The summed E-state index contributed by atoms with van der Waals surface area (Å²) >= 11 is 6.22. The van der Waals surface area contributed by atoms with Crippen molar-refractivity contribution in [3.05, 3.63) is 125 Å². The molecule has 45 heavy (non-hydrogen) atoms. The number of hydrogen-bond acceptors (Lipinski definition) is 5. The normalized spacial score (nSPS) is 11.8. The lowest BCUT2D eigenvalue weighted by atomic mass is 10.0. The molecule has 0 radical (unpaired) electrons. The second kappa shape index (κ2) is 15.6. The van der Waals surface area contributed by atoms with Gasteiger partial charge in [0.15, 0.2) is 0 Å². The predicted octanol–water partition coefficient (Wildman–Crippen LogP) is 6.02. The van der Waals surface area contributed by atoms with Gasteiger partial charge in [0, 0.05) is 24.5 Å². The summed E-state index contributed by atoms with van der Waals surface area (Å²) in [6.07, 6.45) is 0.948. The van der Waals surface area contributed by atoms with E-state index in [0.717, 1.165) is 15.4 Å². The number of nitrogens with zero attached hydrogens (tertiary/aromatic N) is 2. The Morgan fingerprint density at radius 2 is 1.56 bits per heavy atom. The third-order valence-corrected chi connectivity index (χ3v) is 9.35. The van der Waals surface area contributed by atoms with E-state index in [9.17, 15) is 18.0 Å². The standard InChI is InChI=1S/C35H38ClN3O5S/c1-4-20-37-35(41)33(23-27-12-7-5-8-13-27)38(24-28-14-11-15-30(22-28)44-3)34(40)25-39(32-19-18-29(36)21-26(32)2)45(42,43)31-16-9-6-10-17-31/h5-19,21-22,33H,4,20,23-25H2,1-3H3,(H,37,41)/t33-/m0/s1. The molecule has 0 spiro atoms. The average molecular weight is 648 g/mol. The van der Waals surface area contributed by atoms with Crippen LogP contribution in [-0.2, 0) is 32.6 Å². The van der Waals surface area contributed by atoms with Crippen molar-refractivity contribution in [2.24, 2.45) is 0 Å². The molecule has 1 atom stereocenters. The van der Waals surface area contributed by atoms with E-state index in [-0.39, 0.29) is 23.8 Å². The number of halogens is 1. The Morgan fingerprint density at radius 1 is 0.889 bits per heavy atom. The van der Waals surface area contributed by atoms with Crippen LogP contribution in [0.5, 0.6) is 5.75 Å². The van der Waals surface area contributed by atoms with Crippen molar-refractivity contribution in [1.29, 1.82) is 0 Å². The number of sulfonamides is 1. The van der Waals surface area contributed by atoms with Crippen LogP contribution in [0.3, 0.4) is 0 Å². The summed E-state index contributed by atoms with van der Waals surface area (Å²) in [4.78, 5) is 29.8. The van der Waals surface area contributed by atoms with Crippen molar-refractivity contribution in [1.82, 2.24) is 10.2 Å². The highest BCUT2D eigenvalue weighted by atomic mass is 35.5. The van der Waals surface area contributed by atoms with Crippen molar-refractivity contribution >= 4 is 39.1 Å². The summed E-state index contributed by atoms with van der Waals surface area (Å²) in [7, 11) is -2.64. The van der Waals surface area contributed by atoms with Crippen LogP contribution >= 0.6 is 11.6 Å². The van der Waals surface area contributed by atoms with E-state index in [2.05, 4.69) is 5.32 Å². The molecule has 8 nitrogen and oxygen atoms in total. The minimum Gasteiger partial charge on any atom is -0.497 e. The molecule has 0 aromatic heterocycles. The predicted molar refractivity (Wildman–Crippen MR) is 178 cm³/mol. The zero-order valence-corrected chi connectivity index (χ0v) is 27.2. The molecule has 0 unspecified atom stereocenters. The largest absolute Gasteiger partial charge is 0.497 e. The first-order valence-electron chi connectivity index (χ1n) is 14.7. The summed E-state index contributed by atoms with van der Waals surface area (Å²) in [5, 5.41) is 3.39. The molecule has 4 aromatic rings. The van der Waals surface area contributed by atoms with Gasteiger partial charge in [-0.1, -0.05) is 79.2 Å². The molecule has 0 aliphatic heterocycles. The molecule has 0 saturated carbocycles. The molecule has 4 rings (SSSR count). The Kier molecular flexibility index (Phi) is 11.6. The number of rotatable bonds is 14. The van der Waals surface area contributed by atoms with Gasteiger partial charge < -0.3 is 15.0 Å². The van der Waals surface area contributed by atoms with Gasteiger partial charge in [0.2, 0.25) is 11.8 Å². The van der Waals surface area contributed by atoms with Crippen LogP contribution in [0, 0.1) is 6.92 Å². The maximum absolute atomic E-state index is 14.5. The second-order valence-electron chi connectivity index (χ2n) is 10.6. The Morgan fingerprint density at radius 3 is 2.20 bits per heavy atom. The third kappa shape index (κ3) is 8.65. The fourth-order valence-corrected chi connectivity index (χ4v) is 6.75. The molecule has 0 bridgehead atoms. The quantitative estimate of drug-likeness (QED) is 0.181. The number of amides is 2. The molecule has 0 aliphatic carbocycles. The van der Waals surface area contributed by atoms with E-state index in [1.165, 1.54) is 17.0 Å². The third-order valence-electron chi connectivity index (χ3n) is 7.34. The number of carbonyl (C=O) groups excluding carboxylic acids is 2. The van der Waals surface area contributed by atoms with E-state index in [0.29, 0.717) is 35.0 Å². The lowest BCUT2D eigenvalue weighted by Gasteiger charge is -2.34. The van der Waals surface area contributed by atoms with E-state index in [1.54, 1.807) is 62.6 Å². The zero-order valence-electron chi connectivity index (χ0n) is 25.6. The van der Waals surface area contributed by atoms with Crippen LogP contribution in [0.25, 0.3) is 0 Å². The minimum atomic E-state index is -4.20. The molecule has 0 fully saturated rings. The molecule has 4 aromatic carbocycles. The molecule has 10 heteroatoms. The summed E-state index contributed by atoms with van der Waals surface area (Å²) in [5.41, 5.74) is 2.48. The van der Waals surface area contributed by atoms with E-state index >= 15 is 0 Å². The van der Waals surface area contributed by atoms with E-state index in [1.807, 2.05) is 49.4 Å².